The number of methoxy groups -OCH3 is 1. The van der Waals surface area contributed by atoms with Crippen LogP contribution in [0.2, 0.25) is 0 Å². The van der Waals surface area contributed by atoms with Gasteiger partial charge in [0.1, 0.15) is 11.5 Å². The number of ketones is 1. The second kappa shape index (κ2) is 9.02. The van der Waals surface area contributed by atoms with Crippen LogP contribution in [-0.4, -0.2) is 48.1 Å². The van der Waals surface area contributed by atoms with Gasteiger partial charge in [0.2, 0.25) is 0 Å². The maximum Gasteiger partial charge on any atom is 0.295 e. The molecule has 0 saturated carbocycles. The van der Waals surface area contributed by atoms with E-state index in [2.05, 4.69) is 0 Å². The number of ether oxygens (including phenoxy) is 2. The minimum Gasteiger partial charge on any atom is -0.507 e. The van der Waals surface area contributed by atoms with Crippen molar-refractivity contribution in [3.8, 4) is 5.75 Å². The molecule has 172 valence electrons. The van der Waals surface area contributed by atoms with Crippen LogP contribution in [0.3, 0.4) is 0 Å². The van der Waals surface area contributed by atoms with Gasteiger partial charge in [-0.3, -0.25) is 9.59 Å². The van der Waals surface area contributed by atoms with Crippen LogP contribution in [-0.2, 0) is 27.2 Å². The van der Waals surface area contributed by atoms with Crippen LogP contribution in [0.25, 0.3) is 5.76 Å². The summed E-state index contributed by atoms with van der Waals surface area (Å²) in [5.41, 5.74) is 3.99. The maximum absolute atomic E-state index is 13.2. The van der Waals surface area contributed by atoms with Crippen LogP contribution in [0.4, 0.5) is 0 Å². The van der Waals surface area contributed by atoms with E-state index < -0.39 is 17.7 Å². The van der Waals surface area contributed by atoms with Gasteiger partial charge in [0.15, 0.2) is 0 Å². The Labute approximate surface area is 193 Å². The average Bonchev–Trinajstić information content (AvgIpc) is 3.46. The van der Waals surface area contributed by atoms with Crippen LogP contribution in [0.15, 0.2) is 48.0 Å². The summed E-state index contributed by atoms with van der Waals surface area (Å²) >= 11 is 0. The smallest absolute Gasteiger partial charge is 0.295 e. The summed E-state index contributed by atoms with van der Waals surface area (Å²) in [7, 11) is 1.59. The van der Waals surface area contributed by atoms with Crippen molar-refractivity contribution in [3.05, 3.63) is 70.3 Å². The highest BCUT2D eigenvalue weighted by molar-refractivity contribution is 6.46. The largest absolute Gasteiger partial charge is 0.507 e. The zero-order valence-electron chi connectivity index (χ0n) is 18.9. The fourth-order valence-electron chi connectivity index (χ4n) is 5.25. The van der Waals surface area contributed by atoms with E-state index in [0.717, 1.165) is 37.7 Å². The lowest BCUT2D eigenvalue weighted by molar-refractivity contribution is -0.140. The van der Waals surface area contributed by atoms with Gasteiger partial charge >= 0.3 is 0 Å². The molecule has 0 radical (unpaired) electrons. The first-order valence-electron chi connectivity index (χ1n) is 11.7. The summed E-state index contributed by atoms with van der Waals surface area (Å²) < 4.78 is 11.0. The van der Waals surface area contributed by atoms with Gasteiger partial charge in [-0.1, -0.05) is 24.3 Å². The van der Waals surface area contributed by atoms with Gasteiger partial charge in [0.25, 0.3) is 11.7 Å². The number of aryl methyl sites for hydroxylation is 2. The molecule has 1 aliphatic carbocycles. The third-order valence-electron chi connectivity index (χ3n) is 7.02. The van der Waals surface area contributed by atoms with Crippen LogP contribution in [0.5, 0.6) is 5.75 Å². The van der Waals surface area contributed by atoms with E-state index in [1.54, 1.807) is 24.1 Å². The molecule has 0 spiro atoms. The number of likely N-dealkylation sites (tertiary alicyclic amines) is 1. The maximum atomic E-state index is 13.2. The lowest BCUT2D eigenvalue weighted by Gasteiger charge is -2.27. The summed E-state index contributed by atoms with van der Waals surface area (Å²) in [6.45, 7) is 0.985. The third kappa shape index (κ3) is 4.04. The van der Waals surface area contributed by atoms with Gasteiger partial charge in [0, 0.05) is 18.7 Å². The van der Waals surface area contributed by atoms with Crippen molar-refractivity contribution in [2.75, 3.05) is 20.3 Å². The summed E-state index contributed by atoms with van der Waals surface area (Å²) in [4.78, 5) is 27.9. The van der Waals surface area contributed by atoms with Crippen molar-refractivity contribution >= 4 is 17.4 Å². The number of hydrogen-bond acceptors (Lipinski definition) is 5. The Kier molecular flexibility index (Phi) is 5.94. The highest BCUT2D eigenvalue weighted by atomic mass is 16.5. The molecule has 6 heteroatoms. The highest BCUT2D eigenvalue weighted by Crippen LogP contribution is 2.41. The standard InChI is InChI=1S/C27H29NO5/c1-32-21-12-10-18(11-13-21)24-23(26(30)27(31)28(24)16-22-7-4-14-33-22)25(29)20-9-8-17-5-2-3-6-19(17)15-20/h8-13,15,22,24,29H,2-7,14,16H2,1H3/b25-23-. The molecule has 2 aromatic rings. The predicted molar refractivity (Wildman–Crippen MR) is 124 cm³/mol. The van der Waals surface area contributed by atoms with Gasteiger partial charge in [0.05, 0.1) is 24.8 Å². The Balaban J connectivity index is 1.59. The highest BCUT2D eigenvalue weighted by Gasteiger charge is 2.47. The fourth-order valence-corrected chi connectivity index (χ4v) is 5.25. The van der Waals surface area contributed by atoms with Crippen LogP contribution in [0, 0.1) is 0 Å². The van der Waals surface area contributed by atoms with E-state index >= 15 is 0 Å². The first-order valence-corrected chi connectivity index (χ1v) is 11.7. The molecular formula is C27H29NO5. The molecule has 2 saturated heterocycles. The molecule has 2 heterocycles. The number of aliphatic hydroxyl groups excluding tert-OH is 1. The number of carbonyl (C=O) groups excluding carboxylic acids is 2. The fraction of sp³-hybridized carbons (Fsp3) is 0.407. The number of benzene rings is 2. The third-order valence-corrected chi connectivity index (χ3v) is 7.02. The van der Waals surface area contributed by atoms with E-state index in [1.165, 1.54) is 17.5 Å². The summed E-state index contributed by atoms with van der Waals surface area (Å²) in [5, 5.41) is 11.3. The zero-order valence-corrected chi connectivity index (χ0v) is 18.9. The molecule has 33 heavy (non-hydrogen) atoms. The van der Waals surface area contributed by atoms with Gasteiger partial charge in [-0.2, -0.15) is 0 Å². The van der Waals surface area contributed by atoms with Crippen molar-refractivity contribution in [2.45, 2.75) is 50.7 Å². The molecule has 3 aliphatic rings. The number of aliphatic hydroxyl groups is 1. The van der Waals surface area contributed by atoms with Crippen molar-refractivity contribution in [1.29, 1.82) is 0 Å². The van der Waals surface area contributed by atoms with Gasteiger partial charge in [-0.15, -0.1) is 0 Å². The number of rotatable bonds is 5. The van der Waals surface area contributed by atoms with E-state index in [4.69, 9.17) is 9.47 Å². The molecule has 1 amide bonds. The van der Waals surface area contributed by atoms with Crippen molar-refractivity contribution in [2.24, 2.45) is 0 Å². The molecule has 0 aromatic heterocycles. The molecular weight excluding hydrogens is 418 g/mol. The molecule has 2 aromatic carbocycles. The van der Waals surface area contributed by atoms with E-state index in [9.17, 15) is 14.7 Å². The normalized spacial score (nSPS) is 24.2. The molecule has 1 N–H and O–H groups in total. The summed E-state index contributed by atoms with van der Waals surface area (Å²) in [6, 6.07) is 12.5. The summed E-state index contributed by atoms with van der Waals surface area (Å²) in [6.07, 6.45) is 5.98. The first-order chi connectivity index (χ1) is 16.1. The van der Waals surface area contributed by atoms with Crippen LogP contribution < -0.4 is 4.74 Å². The Bertz CT molecular complexity index is 1100. The first kappa shape index (κ1) is 21.7. The number of nitrogens with zero attached hydrogens (tertiary/aromatic N) is 1. The topological polar surface area (TPSA) is 76.1 Å². The molecule has 2 atom stereocenters. The van der Waals surface area contributed by atoms with E-state index in [1.807, 2.05) is 30.3 Å². The molecule has 0 bridgehead atoms. The Morgan fingerprint density at radius 1 is 1.06 bits per heavy atom. The average molecular weight is 448 g/mol. The van der Waals surface area contributed by atoms with Crippen LogP contribution >= 0.6 is 0 Å². The molecule has 2 fully saturated rings. The van der Waals surface area contributed by atoms with Gasteiger partial charge in [-0.05, 0) is 73.4 Å². The van der Waals surface area contributed by atoms with Crippen molar-refractivity contribution < 1.29 is 24.2 Å². The number of amides is 1. The molecule has 5 rings (SSSR count). The SMILES string of the molecule is COc1ccc(C2/C(=C(/O)c3ccc4c(c3)CCCC4)C(=O)C(=O)N2CC2CCCO2)cc1. The minimum atomic E-state index is -0.670. The zero-order chi connectivity index (χ0) is 22.9. The lowest BCUT2D eigenvalue weighted by atomic mass is 9.88. The van der Waals surface area contributed by atoms with E-state index in [0.29, 0.717) is 24.5 Å². The van der Waals surface area contributed by atoms with E-state index in [-0.39, 0.29) is 17.4 Å². The second-order valence-corrected chi connectivity index (χ2v) is 9.05. The Hall–Kier alpha value is -3.12. The minimum absolute atomic E-state index is 0.104. The molecule has 2 unspecified atom stereocenters. The summed E-state index contributed by atoms with van der Waals surface area (Å²) in [5.74, 6) is -0.670. The van der Waals surface area contributed by atoms with Crippen molar-refractivity contribution in [3.63, 3.8) is 0 Å². The monoisotopic (exact) mass is 447 g/mol. The van der Waals surface area contributed by atoms with Crippen LogP contribution in [0.1, 0.15) is 54.0 Å². The number of Topliss-reactive ketones (excluding diaryl/α,β-unsaturated/α-hetero) is 1. The van der Waals surface area contributed by atoms with Gasteiger partial charge < -0.3 is 19.5 Å². The number of fused-ring (bicyclic) bond motifs is 1. The van der Waals surface area contributed by atoms with Gasteiger partial charge in [-0.25, -0.2) is 0 Å². The Morgan fingerprint density at radius 3 is 2.52 bits per heavy atom. The lowest BCUT2D eigenvalue weighted by Crippen LogP contribution is -2.36. The number of hydrogen-bond donors (Lipinski definition) is 1. The number of carbonyl (C=O) groups is 2. The van der Waals surface area contributed by atoms with Crippen molar-refractivity contribution in [1.82, 2.24) is 4.90 Å². The predicted octanol–water partition coefficient (Wildman–Crippen LogP) is 4.17. The quantitative estimate of drug-likeness (QED) is 0.423. The molecule has 6 nitrogen and oxygen atoms in total. The second-order valence-electron chi connectivity index (χ2n) is 9.05. The Morgan fingerprint density at radius 2 is 1.82 bits per heavy atom. The molecule has 2 aliphatic heterocycles.